The van der Waals surface area contributed by atoms with Gasteiger partial charge in [-0.2, -0.15) is 0 Å². The highest BCUT2D eigenvalue weighted by molar-refractivity contribution is 9.13. The van der Waals surface area contributed by atoms with E-state index in [4.69, 9.17) is 0 Å². The van der Waals surface area contributed by atoms with Crippen molar-refractivity contribution in [1.29, 1.82) is 0 Å². The maximum Gasteiger partial charge on any atom is 0.0958 e. The van der Waals surface area contributed by atoms with Crippen LogP contribution in [-0.2, 0) is 6.54 Å². The molecule has 2 rings (SSSR count). The summed E-state index contributed by atoms with van der Waals surface area (Å²) in [6, 6.07) is 4.10. The van der Waals surface area contributed by atoms with Crippen molar-refractivity contribution >= 4 is 42.9 Å². The summed E-state index contributed by atoms with van der Waals surface area (Å²) in [4.78, 5) is 4.30. The predicted molar refractivity (Wildman–Crippen MR) is 60.8 cm³/mol. The molecule has 0 aliphatic carbocycles. The Morgan fingerprint density at radius 3 is 2.69 bits per heavy atom. The van der Waals surface area contributed by atoms with Crippen LogP contribution in [0.25, 0.3) is 11.0 Å². The highest BCUT2D eigenvalue weighted by Gasteiger charge is 2.04. The van der Waals surface area contributed by atoms with Gasteiger partial charge in [-0.3, -0.25) is 0 Å². The number of fused-ring (bicyclic) bond motifs is 1. The molecule has 0 aliphatic rings. The molecule has 0 atom stereocenters. The fourth-order valence-electron chi connectivity index (χ4n) is 1.31. The molecule has 0 amide bonds. The number of aromatic nitrogens is 2. The van der Waals surface area contributed by atoms with Crippen LogP contribution in [0.3, 0.4) is 0 Å². The molecule has 0 saturated heterocycles. The van der Waals surface area contributed by atoms with Crippen LogP contribution >= 0.6 is 31.9 Å². The molecule has 68 valence electrons. The topological polar surface area (TPSA) is 17.8 Å². The van der Waals surface area contributed by atoms with E-state index in [1.807, 2.05) is 12.4 Å². The Bertz CT molecular complexity index is 448. The van der Waals surface area contributed by atoms with Crippen LogP contribution in [0.5, 0.6) is 0 Å². The predicted octanol–water partition coefficient (Wildman–Crippen LogP) is 3.58. The largest absolute Gasteiger partial charge is 0.331 e. The summed E-state index contributed by atoms with van der Waals surface area (Å²) in [5, 5.41) is 0. The number of hydrogen-bond acceptors (Lipinski definition) is 1. The second-order valence-corrected chi connectivity index (χ2v) is 4.49. The molecule has 2 nitrogen and oxygen atoms in total. The summed E-state index contributed by atoms with van der Waals surface area (Å²) >= 11 is 6.93. The summed E-state index contributed by atoms with van der Waals surface area (Å²) in [5.74, 6) is 0. The minimum Gasteiger partial charge on any atom is -0.331 e. The highest BCUT2D eigenvalue weighted by Crippen LogP contribution is 2.27. The zero-order chi connectivity index (χ0) is 9.42. The number of benzene rings is 1. The van der Waals surface area contributed by atoms with Crippen LogP contribution in [0.1, 0.15) is 6.92 Å². The average Bonchev–Trinajstić information content (AvgIpc) is 2.48. The van der Waals surface area contributed by atoms with Crippen LogP contribution < -0.4 is 0 Å². The molecule has 1 aromatic carbocycles. The quantitative estimate of drug-likeness (QED) is 0.787. The van der Waals surface area contributed by atoms with E-state index < -0.39 is 0 Å². The molecule has 2 aromatic rings. The number of nitrogens with zero attached hydrogens (tertiary/aromatic N) is 2. The Kier molecular flexibility index (Phi) is 2.43. The molecule has 0 fully saturated rings. The standard InChI is InChI=1S/C9H8Br2N2/c1-2-13-5-12-8-3-6(10)7(11)4-9(8)13/h3-5H,2H2,1H3. The van der Waals surface area contributed by atoms with Gasteiger partial charge in [0.2, 0.25) is 0 Å². The average molecular weight is 304 g/mol. The molecule has 1 heterocycles. The molecule has 0 saturated carbocycles. The fraction of sp³-hybridized carbons (Fsp3) is 0.222. The molecule has 0 radical (unpaired) electrons. The minimum absolute atomic E-state index is 0.949. The van der Waals surface area contributed by atoms with Crippen molar-refractivity contribution in [2.75, 3.05) is 0 Å². The van der Waals surface area contributed by atoms with Gasteiger partial charge in [0.25, 0.3) is 0 Å². The zero-order valence-electron chi connectivity index (χ0n) is 7.09. The van der Waals surface area contributed by atoms with E-state index in [0.29, 0.717) is 0 Å². The first-order chi connectivity index (χ1) is 6.22. The van der Waals surface area contributed by atoms with Gasteiger partial charge in [0.1, 0.15) is 0 Å². The van der Waals surface area contributed by atoms with Gasteiger partial charge in [-0.05, 0) is 50.9 Å². The maximum absolute atomic E-state index is 4.30. The van der Waals surface area contributed by atoms with Gasteiger partial charge in [0, 0.05) is 15.5 Å². The van der Waals surface area contributed by atoms with Crippen molar-refractivity contribution in [3.05, 3.63) is 27.4 Å². The molecule has 0 unspecified atom stereocenters. The van der Waals surface area contributed by atoms with Gasteiger partial charge in [-0.15, -0.1) is 0 Å². The van der Waals surface area contributed by atoms with Crippen molar-refractivity contribution in [2.45, 2.75) is 13.5 Å². The van der Waals surface area contributed by atoms with Crippen molar-refractivity contribution < 1.29 is 0 Å². The lowest BCUT2D eigenvalue weighted by Crippen LogP contribution is -1.90. The third kappa shape index (κ3) is 1.53. The zero-order valence-corrected chi connectivity index (χ0v) is 10.3. The van der Waals surface area contributed by atoms with Gasteiger partial charge in [0.15, 0.2) is 0 Å². The Hall–Kier alpha value is -0.350. The molecular formula is C9H8Br2N2. The molecule has 0 bridgehead atoms. The molecule has 4 heteroatoms. The van der Waals surface area contributed by atoms with Crippen molar-refractivity contribution in [2.24, 2.45) is 0 Å². The van der Waals surface area contributed by atoms with E-state index in [0.717, 1.165) is 26.5 Å². The monoisotopic (exact) mass is 302 g/mol. The lowest BCUT2D eigenvalue weighted by atomic mass is 10.3. The lowest BCUT2D eigenvalue weighted by Gasteiger charge is -2.00. The maximum atomic E-state index is 4.30. The van der Waals surface area contributed by atoms with Crippen molar-refractivity contribution in [1.82, 2.24) is 9.55 Å². The molecular weight excluding hydrogens is 296 g/mol. The van der Waals surface area contributed by atoms with Gasteiger partial charge in [0.05, 0.1) is 17.4 Å². The highest BCUT2D eigenvalue weighted by atomic mass is 79.9. The summed E-state index contributed by atoms with van der Waals surface area (Å²) in [6.07, 6.45) is 1.86. The second kappa shape index (κ2) is 3.42. The number of hydrogen-bond donors (Lipinski definition) is 0. The number of aryl methyl sites for hydroxylation is 1. The number of imidazole rings is 1. The van der Waals surface area contributed by atoms with Crippen LogP contribution in [0.4, 0.5) is 0 Å². The first-order valence-corrected chi connectivity index (χ1v) is 5.61. The molecule has 0 N–H and O–H groups in total. The van der Waals surface area contributed by atoms with Crippen molar-refractivity contribution in [3.8, 4) is 0 Å². The minimum atomic E-state index is 0.949. The van der Waals surface area contributed by atoms with Gasteiger partial charge in [-0.25, -0.2) is 4.98 Å². The fourth-order valence-corrected chi connectivity index (χ4v) is 1.97. The normalized spacial score (nSPS) is 11.0. The van der Waals surface area contributed by atoms with E-state index in [9.17, 15) is 0 Å². The first-order valence-electron chi connectivity index (χ1n) is 4.02. The van der Waals surface area contributed by atoms with Crippen LogP contribution in [0.15, 0.2) is 27.4 Å². The Morgan fingerprint density at radius 1 is 1.31 bits per heavy atom. The summed E-state index contributed by atoms with van der Waals surface area (Å²) in [5.41, 5.74) is 2.19. The van der Waals surface area contributed by atoms with E-state index in [2.05, 4.69) is 54.4 Å². The summed E-state index contributed by atoms with van der Waals surface area (Å²) < 4.78 is 4.23. The Morgan fingerprint density at radius 2 is 2.00 bits per heavy atom. The third-order valence-electron chi connectivity index (χ3n) is 2.00. The number of rotatable bonds is 1. The summed E-state index contributed by atoms with van der Waals surface area (Å²) in [7, 11) is 0. The van der Waals surface area contributed by atoms with Gasteiger partial charge < -0.3 is 4.57 Å². The van der Waals surface area contributed by atoms with Crippen LogP contribution in [0, 0.1) is 0 Å². The van der Waals surface area contributed by atoms with E-state index in [1.165, 1.54) is 0 Å². The molecule has 13 heavy (non-hydrogen) atoms. The Balaban J connectivity index is 2.77. The smallest absolute Gasteiger partial charge is 0.0958 e. The Labute approximate surface area is 93.2 Å². The molecule has 0 spiro atoms. The lowest BCUT2D eigenvalue weighted by molar-refractivity contribution is 0.787. The van der Waals surface area contributed by atoms with Gasteiger partial charge in [-0.1, -0.05) is 0 Å². The second-order valence-electron chi connectivity index (χ2n) is 2.79. The van der Waals surface area contributed by atoms with E-state index in [-0.39, 0.29) is 0 Å². The molecule has 0 aliphatic heterocycles. The van der Waals surface area contributed by atoms with E-state index in [1.54, 1.807) is 0 Å². The molecule has 1 aromatic heterocycles. The summed E-state index contributed by atoms with van der Waals surface area (Å²) in [6.45, 7) is 3.06. The van der Waals surface area contributed by atoms with Crippen molar-refractivity contribution in [3.63, 3.8) is 0 Å². The van der Waals surface area contributed by atoms with Crippen LogP contribution in [0.2, 0.25) is 0 Å². The van der Waals surface area contributed by atoms with E-state index >= 15 is 0 Å². The first kappa shape index (κ1) is 9.21. The number of halogens is 2. The SMILES string of the molecule is CCn1cnc2cc(Br)c(Br)cc21. The third-order valence-corrected chi connectivity index (χ3v) is 3.85. The van der Waals surface area contributed by atoms with Gasteiger partial charge >= 0.3 is 0 Å². The van der Waals surface area contributed by atoms with Crippen LogP contribution in [-0.4, -0.2) is 9.55 Å².